The van der Waals surface area contributed by atoms with Crippen molar-refractivity contribution in [2.45, 2.75) is 25.8 Å². The molecule has 1 unspecified atom stereocenters. The van der Waals surface area contributed by atoms with Gasteiger partial charge in [0.25, 0.3) is 0 Å². The van der Waals surface area contributed by atoms with Crippen molar-refractivity contribution in [2.75, 3.05) is 33.2 Å². The molecule has 24 heavy (non-hydrogen) atoms. The lowest BCUT2D eigenvalue weighted by molar-refractivity contribution is 0.138. The van der Waals surface area contributed by atoms with Gasteiger partial charge in [0.2, 0.25) is 0 Å². The molecule has 0 bridgehead atoms. The van der Waals surface area contributed by atoms with E-state index < -0.39 is 0 Å². The maximum absolute atomic E-state index is 4.28. The summed E-state index contributed by atoms with van der Waals surface area (Å²) in [5.74, 6) is 1.67. The molecule has 1 atom stereocenters. The van der Waals surface area contributed by atoms with Crippen molar-refractivity contribution in [3.63, 3.8) is 0 Å². The molecule has 1 heterocycles. The van der Waals surface area contributed by atoms with E-state index in [1.54, 1.807) is 7.05 Å². The van der Waals surface area contributed by atoms with Crippen LogP contribution in [0.3, 0.4) is 0 Å². The van der Waals surface area contributed by atoms with Crippen LogP contribution in [0, 0.1) is 5.92 Å². The van der Waals surface area contributed by atoms with Crippen LogP contribution >= 0.6 is 24.0 Å². The van der Waals surface area contributed by atoms with Crippen LogP contribution < -0.4 is 10.6 Å². The van der Waals surface area contributed by atoms with Gasteiger partial charge in [-0.1, -0.05) is 43.3 Å². The molecule has 2 N–H and O–H groups in total. The summed E-state index contributed by atoms with van der Waals surface area (Å²) in [6, 6.07) is 11.2. The molecular formula is C19H31IN4. The second-order valence-electron chi connectivity index (χ2n) is 6.27. The third-order valence-corrected chi connectivity index (χ3v) is 4.54. The first-order chi connectivity index (χ1) is 11.2. The Hall–Kier alpha value is -1.08. The van der Waals surface area contributed by atoms with Crippen LogP contribution in [-0.4, -0.2) is 44.1 Å². The Morgan fingerprint density at radius 2 is 1.96 bits per heavy atom. The molecule has 1 aromatic carbocycles. The minimum absolute atomic E-state index is 0. The summed E-state index contributed by atoms with van der Waals surface area (Å²) in [7, 11) is 1.80. The predicted octanol–water partition coefficient (Wildman–Crippen LogP) is 3.43. The van der Waals surface area contributed by atoms with E-state index in [2.05, 4.69) is 64.4 Å². The van der Waals surface area contributed by atoms with Crippen LogP contribution in [0.1, 0.15) is 31.4 Å². The van der Waals surface area contributed by atoms with Crippen molar-refractivity contribution in [3.05, 3.63) is 48.6 Å². The monoisotopic (exact) mass is 442 g/mol. The number of aliphatic imine (C=N–C) groups is 1. The largest absolute Gasteiger partial charge is 0.354 e. The summed E-state index contributed by atoms with van der Waals surface area (Å²) >= 11 is 0. The van der Waals surface area contributed by atoms with Crippen molar-refractivity contribution in [3.8, 4) is 0 Å². The summed E-state index contributed by atoms with van der Waals surface area (Å²) in [6.45, 7) is 10.0. The number of halogens is 1. The molecule has 4 nitrogen and oxygen atoms in total. The molecule has 1 fully saturated rings. The standard InChI is InChI=1S/C19H30N4.HI/c1-4-12-21-19(20-3)22-15-18(17-8-6-5-7-9-17)23-13-10-16(2)11-14-23;/h4-9,16,18H,1,10-15H2,2-3H3,(H2,20,21,22);1H. The smallest absolute Gasteiger partial charge is 0.191 e. The number of nitrogens with zero attached hydrogens (tertiary/aromatic N) is 2. The van der Waals surface area contributed by atoms with Gasteiger partial charge in [0.1, 0.15) is 0 Å². The number of benzene rings is 1. The second kappa shape index (κ2) is 11.5. The zero-order valence-electron chi connectivity index (χ0n) is 14.9. The Balaban J connectivity index is 0.00000288. The van der Waals surface area contributed by atoms with Crippen LogP contribution in [-0.2, 0) is 0 Å². The predicted molar refractivity (Wildman–Crippen MR) is 114 cm³/mol. The topological polar surface area (TPSA) is 39.7 Å². The fourth-order valence-electron chi connectivity index (χ4n) is 3.06. The van der Waals surface area contributed by atoms with Crippen molar-refractivity contribution < 1.29 is 0 Å². The highest BCUT2D eigenvalue weighted by Gasteiger charge is 2.24. The van der Waals surface area contributed by atoms with Crippen molar-refractivity contribution in [2.24, 2.45) is 10.9 Å². The van der Waals surface area contributed by atoms with E-state index in [-0.39, 0.29) is 24.0 Å². The normalized spacial score (nSPS) is 17.7. The molecule has 1 saturated heterocycles. The van der Waals surface area contributed by atoms with Gasteiger partial charge in [-0.2, -0.15) is 0 Å². The molecule has 0 aliphatic carbocycles. The Labute approximate surface area is 163 Å². The van der Waals surface area contributed by atoms with Crippen LogP contribution in [0.4, 0.5) is 0 Å². The Bertz CT molecular complexity index is 495. The molecule has 2 rings (SSSR count). The van der Waals surface area contributed by atoms with E-state index >= 15 is 0 Å². The molecular weight excluding hydrogens is 411 g/mol. The Morgan fingerprint density at radius 3 is 2.54 bits per heavy atom. The molecule has 0 spiro atoms. The second-order valence-corrected chi connectivity index (χ2v) is 6.27. The number of nitrogens with one attached hydrogen (secondary N) is 2. The summed E-state index contributed by atoms with van der Waals surface area (Å²) in [6.07, 6.45) is 4.41. The summed E-state index contributed by atoms with van der Waals surface area (Å²) in [4.78, 5) is 6.88. The van der Waals surface area contributed by atoms with E-state index in [0.29, 0.717) is 6.04 Å². The number of hydrogen-bond donors (Lipinski definition) is 2. The van der Waals surface area contributed by atoms with Gasteiger partial charge in [-0.15, -0.1) is 30.6 Å². The number of piperidine rings is 1. The molecule has 0 radical (unpaired) electrons. The Morgan fingerprint density at radius 1 is 1.29 bits per heavy atom. The van der Waals surface area contributed by atoms with Crippen LogP contribution in [0.5, 0.6) is 0 Å². The highest BCUT2D eigenvalue weighted by molar-refractivity contribution is 14.0. The van der Waals surface area contributed by atoms with Crippen LogP contribution in [0.2, 0.25) is 0 Å². The quantitative estimate of drug-likeness (QED) is 0.307. The lowest BCUT2D eigenvalue weighted by atomic mass is 9.95. The van der Waals surface area contributed by atoms with Gasteiger partial charge in [-0.3, -0.25) is 9.89 Å². The zero-order chi connectivity index (χ0) is 16.5. The average Bonchev–Trinajstić information content (AvgIpc) is 2.60. The van der Waals surface area contributed by atoms with Crippen LogP contribution in [0.15, 0.2) is 48.0 Å². The van der Waals surface area contributed by atoms with E-state index in [9.17, 15) is 0 Å². The molecule has 1 aliphatic rings. The van der Waals surface area contributed by atoms with Crippen LogP contribution in [0.25, 0.3) is 0 Å². The molecule has 1 aromatic rings. The maximum atomic E-state index is 4.28. The lowest BCUT2D eigenvalue weighted by Crippen LogP contribution is -2.45. The zero-order valence-corrected chi connectivity index (χ0v) is 17.2. The first kappa shape index (κ1) is 21.0. The van der Waals surface area contributed by atoms with Gasteiger partial charge < -0.3 is 10.6 Å². The third-order valence-electron chi connectivity index (χ3n) is 4.54. The maximum Gasteiger partial charge on any atom is 0.191 e. The lowest BCUT2D eigenvalue weighted by Gasteiger charge is -2.37. The molecule has 134 valence electrons. The SMILES string of the molecule is C=CCNC(=NC)NCC(c1ccccc1)N1CCC(C)CC1.I. The molecule has 0 saturated carbocycles. The number of guanidine groups is 1. The minimum Gasteiger partial charge on any atom is -0.354 e. The van der Waals surface area contributed by atoms with E-state index in [1.165, 1.54) is 31.5 Å². The molecule has 0 amide bonds. The first-order valence-corrected chi connectivity index (χ1v) is 8.59. The van der Waals surface area contributed by atoms with E-state index in [0.717, 1.165) is 25.0 Å². The van der Waals surface area contributed by atoms with Gasteiger partial charge in [-0.05, 0) is 37.4 Å². The van der Waals surface area contributed by atoms with Gasteiger partial charge in [0.05, 0.1) is 6.04 Å². The van der Waals surface area contributed by atoms with Crippen molar-refractivity contribution in [1.82, 2.24) is 15.5 Å². The number of rotatable bonds is 6. The summed E-state index contributed by atoms with van der Waals surface area (Å²) in [5.41, 5.74) is 1.37. The fraction of sp³-hybridized carbons (Fsp3) is 0.526. The number of hydrogen-bond acceptors (Lipinski definition) is 2. The summed E-state index contributed by atoms with van der Waals surface area (Å²) < 4.78 is 0. The van der Waals surface area contributed by atoms with Gasteiger partial charge in [0.15, 0.2) is 5.96 Å². The van der Waals surface area contributed by atoms with Crippen molar-refractivity contribution >= 4 is 29.9 Å². The Kier molecular flexibility index (Phi) is 10.0. The highest BCUT2D eigenvalue weighted by atomic mass is 127. The van der Waals surface area contributed by atoms with E-state index in [1.807, 2.05) is 6.08 Å². The third kappa shape index (κ3) is 6.43. The van der Waals surface area contributed by atoms with Gasteiger partial charge in [0, 0.05) is 20.1 Å². The number of likely N-dealkylation sites (tertiary alicyclic amines) is 1. The highest BCUT2D eigenvalue weighted by Crippen LogP contribution is 2.26. The molecule has 0 aromatic heterocycles. The molecule has 1 aliphatic heterocycles. The summed E-state index contributed by atoms with van der Waals surface area (Å²) in [5, 5.41) is 6.70. The molecule has 5 heteroatoms. The first-order valence-electron chi connectivity index (χ1n) is 8.59. The van der Waals surface area contributed by atoms with E-state index in [4.69, 9.17) is 0 Å². The fourth-order valence-corrected chi connectivity index (χ4v) is 3.06. The average molecular weight is 442 g/mol. The van der Waals surface area contributed by atoms with Gasteiger partial charge in [-0.25, -0.2) is 0 Å². The van der Waals surface area contributed by atoms with Gasteiger partial charge >= 0.3 is 0 Å². The van der Waals surface area contributed by atoms with Crippen molar-refractivity contribution in [1.29, 1.82) is 0 Å². The minimum atomic E-state index is 0.